The van der Waals surface area contributed by atoms with Crippen molar-refractivity contribution < 1.29 is 14.8 Å². The van der Waals surface area contributed by atoms with Crippen molar-refractivity contribution in [3.8, 4) is 0 Å². The molecule has 0 atom stereocenters. The molecule has 0 aliphatic heterocycles. The van der Waals surface area contributed by atoms with Crippen molar-refractivity contribution in [3.63, 3.8) is 0 Å². The lowest BCUT2D eigenvalue weighted by molar-refractivity contribution is -0.384. The normalized spacial score (nSPS) is 9.32. The van der Waals surface area contributed by atoms with E-state index in [1.807, 2.05) is 0 Å². The van der Waals surface area contributed by atoms with Crippen LogP contribution < -0.4 is 11.5 Å². The van der Waals surface area contributed by atoms with E-state index in [1.165, 1.54) is 18.3 Å². The average Bonchev–Trinajstić information content (AvgIpc) is 2.28. The first kappa shape index (κ1) is 16.0. The van der Waals surface area contributed by atoms with Gasteiger partial charge >= 0.3 is 0 Å². The molecule has 0 aromatic heterocycles. The maximum Gasteiger partial charge on any atom is 0.300 e. The summed E-state index contributed by atoms with van der Waals surface area (Å²) in [4.78, 5) is 18.9. The van der Waals surface area contributed by atoms with E-state index in [4.69, 9.17) is 21.4 Å². The van der Waals surface area contributed by atoms with Crippen LogP contribution in [0.3, 0.4) is 0 Å². The van der Waals surface area contributed by atoms with Gasteiger partial charge in [-0.2, -0.15) is 5.10 Å². The number of non-ortho nitro benzene ring substituents is 1. The molecule has 0 saturated heterocycles. The summed E-state index contributed by atoms with van der Waals surface area (Å²) in [5, 5.41) is 24.7. The minimum absolute atomic E-state index is 0.0105. The molecule has 19 heavy (non-hydrogen) atoms. The van der Waals surface area contributed by atoms with Crippen LogP contribution in [0.2, 0.25) is 0 Å². The molecule has 0 fully saturated rings. The molecule has 1 aromatic rings. The molecule has 1 aromatic carbocycles. The van der Waals surface area contributed by atoms with Crippen molar-refractivity contribution in [2.45, 2.75) is 6.92 Å². The highest BCUT2D eigenvalue weighted by molar-refractivity contribution is 5.82. The van der Waals surface area contributed by atoms with Crippen molar-refractivity contribution in [1.82, 2.24) is 0 Å². The fourth-order valence-electron chi connectivity index (χ4n) is 0.881. The fourth-order valence-corrected chi connectivity index (χ4v) is 0.881. The third-order valence-electron chi connectivity index (χ3n) is 1.46. The van der Waals surface area contributed by atoms with Crippen molar-refractivity contribution in [2.75, 3.05) is 0 Å². The molecular weight excluding hydrogens is 254 g/mol. The molecule has 0 radical (unpaired) electrons. The molecule has 1 rings (SSSR count). The second-order valence-electron chi connectivity index (χ2n) is 3.14. The summed E-state index contributed by atoms with van der Waals surface area (Å²) in [7, 11) is 0. The number of nitro benzene ring substituents is 1. The largest absolute Gasteiger partial charge is 0.481 e. The van der Waals surface area contributed by atoms with Crippen molar-refractivity contribution in [3.05, 3.63) is 39.9 Å². The predicted molar refractivity (Wildman–Crippen MR) is 69.8 cm³/mol. The third kappa shape index (κ3) is 8.80. The van der Waals surface area contributed by atoms with Gasteiger partial charge in [-0.05, 0) is 0 Å². The lowest BCUT2D eigenvalue weighted by Gasteiger charge is -1.92. The number of carboxylic acids is 1. The Hall–Kier alpha value is -2.97. The zero-order valence-electron chi connectivity index (χ0n) is 10.1. The van der Waals surface area contributed by atoms with Gasteiger partial charge in [0, 0.05) is 24.6 Å². The van der Waals surface area contributed by atoms with Crippen LogP contribution in [0.5, 0.6) is 0 Å². The van der Waals surface area contributed by atoms with Crippen LogP contribution in [0, 0.1) is 10.1 Å². The summed E-state index contributed by atoms with van der Waals surface area (Å²) in [5.41, 5.74) is 10.6. The molecule has 9 nitrogen and oxygen atoms in total. The van der Waals surface area contributed by atoms with Gasteiger partial charge in [-0.25, -0.2) is 0 Å². The summed E-state index contributed by atoms with van der Waals surface area (Å²) < 4.78 is 0. The molecule has 0 amide bonds. The SMILES string of the molecule is CC(=O)O.NC(N)=N/N=C/c1cccc([N+](=O)[O-])c1. The Morgan fingerprint density at radius 2 is 2.05 bits per heavy atom. The first-order chi connectivity index (χ1) is 8.82. The lowest BCUT2D eigenvalue weighted by atomic mass is 10.2. The zero-order valence-corrected chi connectivity index (χ0v) is 10.1. The maximum atomic E-state index is 10.4. The molecule has 5 N–H and O–H groups in total. The zero-order chi connectivity index (χ0) is 14.8. The number of carboxylic acid groups (broad SMARTS) is 1. The van der Waals surface area contributed by atoms with E-state index < -0.39 is 10.9 Å². The predicted octanol–water partition coefficient (Wildman–Crippen LogP) is 0.293. The number of nitrogens with zero attached hydrogens (tertiary/aromatic N) is 3. The minimum atomic E-state index is -0.833. The van der Waals surface area contributed by atoms with Gasteiger partial charge in [0.15, 0.2) is 0 Å². The molecule has 0 bridgehead atoms. The molecule has 0 heterocycles. The third-order valence-corrected chi connectivity index (χ3v) is 1.46. The Bertz CT molecular complexity index is 504. The molecule has 0 aliphatic rings. The van der Waals surface area contributed by atoms with Crippen molar-refractivity contribution in [1.29, 1.82) is 0 Å². The molecule has 9 heteroatoms. The van der Waals surface area contributed by atoms with E-state index >= 15 is 0 Å². The van der Waals surface area contributed by atoms with E-state index in [-0.39, 0.29) is 11.6 Å². The van der Waals surface area contributed by atoms with Crippen molar-refractivity contribution in [2.24, 2.45) is 21.7 Å². The number of aliphatic carboxylic acids is 1. The van der Waals surface area contributed by atoms with E-state index in [2.05, 4.69) is 10.2 Å². The second-order valence-corrected chi connectivity index (χ2v) is 3.14. The Morgan fingerprint density at radius 1 is 1.47 bits per heavy atom. The van der Waals surface area contributed by atoms with E-state index in [1.54, 1.807) is 12.1 Å². The lowest BCUT2D eigenvalue weighted by Crippen LogP contribution is -2.21. The van der Waals surface area contributed by atoms with Gasteiger partial charge in [-0.1, -0.05) is 12.1 Å². The van der Waals surface area contributed by atoms with Crippen LogP contribution in [0.25, 0.3) is 0 Å². The molecule has 0 spiro atoms. The minimum Gasteiger partial charge on any atom is -0.481 e. The number of hydrogen-bond acceptors (Lipinski definition) is 5. The van der Waals surface area contributed by atoms with Crippen LogP contribution in [-0.2, 0) is 4.79 Å². The second kappa shape index (κ2) is 8.17. The summed E-state index contributed by atoms with van der Waals surface area (Å²) in [6.07, 6.45) is 1.33. The van der Waals surface area contributed by atoms with Gasteiger partial charge in [-0.3, -0.25) is 14.9 Å². The topological polar surface area (TPSA) is 157 Å². The quantitative estimate of drug-likeness (QED) is 0.309. The molecule has 0 unspecified atom stereocenters. The number of carbonyl (C=O) groups is 1. The summed E-state index contributed by atoms with van der Waals surface area (Å²) in [6, 6.07) is 5.96. The molecule has 0 saturated carbocycles. The fraction of sp³-hybridized carbons (Fsp3) is 0.100. The van der Waals surface area contributed by atoms with Crippen LogP contribution in [0.15, 0.2) is 34.5 Å². The van der Waals surface area contributed by atoms with Gasteiger partial charge < -0.3 is 16.6 Å². The Morgan fingerprint density at radius 3 is 2.53 bits per heavy atom. The Kier molecular flexibility index (Phi) is 6.89. The molecular formula is C10H13N5O4. The van der Waals surface area contributed by atoms with E-state index in [0.29, 0.717) is 5.56 Å². The number of nitro groups is 1. The first-order valence-corrected chi connectivity index (χ1v) is 4.89. The summed E-state index contributed by atoms with van der Waals surface area (Å²) in [6.45, 7) is 1.08. The number of nitrogens with two attached hydrogens (primary N) is 2. The van der Waals surface area contributed by atoms with Crippen LogP contribution in [-0.4, -0.2) is 28.2 Å². The summed E-state index contributed by atoms with van der Waals surface area (Å²) >= 11 is 0. The molecule has 102 valence electrons. The number of benzene rings is 1. The van der Waals surface area contributed by atoms with Crippen LogP contribution >= 0.6 is 0 Å². The van der Waals surface area contributed by atoms with Gasteiger partial charge in [0.25, 0.3) is 11.7 Å². The van der Waals surface area contributed by atoms with Crippen molar-refractivity contribution >= 4 is 23.8 Å². The highest BCUT2D eigenvalue weighted by Gasteiger charge is 2.03. The summed E-state index contributed by atoms with van der Waals surface area (Å²) in [5.74, 6) is -1.00. The smallest absolute Gasteiger partial charge is 0.300 e. The number of rotatable bonds is 3. The molecule has 0 aliphatic carbocycles. The highest BCUT2D eigenvalue weighted by Crippen LogP contribution is 2.11. The van der Waals surface area contributed by atoms with E-state index in [0.717, 1.165) is 6.92 Å². The number of hydrogen-bond donors (Lipinski definition) is 3. The standard InChI is InChI=1S/C8H9N5O2.C2H4O2/c9-8(10)12-11-5-6-2-1-3-7(4-6)13(14)15;1-2(3)4/h1-5H,(H4,9,10,12);1H3,(H,3,4)/b11-5+;. The maximum absolute atomic E-state index is 10.4. The van der Waals surface area contributed by atoms with Gasteiger partial charge in [0.1, 0.15) is 0 Å². The average molecular weight is 267 g/mol. The van der Waals surface area contributed by atoms with Gasteiger partial charge in [0.05, 0.1) is 11.1 Å². The Balaban J connectivity index is 0.000000711. The Labute approximate surface area is 108 Å². The number of guanidine groups is 1. The van der Waals surface area contributed by atoms with Crippen LogP contribution in [0.1, 0.15) is 12.5 Å². The van der Waals surface area contributed by atoms with E-state index in [9.17, 15) is 10.1 Å². The first-order valence-electron chi connectivity index (χ1n) is 4.89. The van der Waals surface area contributed by atoms with Gasteiger partial charge in [0.2, 0.25) is 5.96 Å². The van der Waals surface area contributed by atoms with Crippen LogP contribution in [0.4, 0.5) is 5.69 Å². The van der Waals surface area contributed by atoms with Gasteiger partial charge in [-0.15, -0.1) is 5.10 Å². The monoisotopic (exact) mass is 267 g/mol. The highest BCUT2D eigenvalue weighted by atomic mass is 16.6.